The highest BCUT2D eigenvalue weighted by Gasteiger charge is 2.14. The first-order valence-electron chi connectivity index (χ1n) is 10.7. The summed E-state index contributed by atoms with van der Waals surface area (Å²) in [6.45, 7) is 2.30. The molecule has 4 rings (SSSR count). The first kappa shape index (κ1) is 21.8. The minimum atomic E-state index is -0.559. The Balaban J connectivity index is 1.54. The molecule has 0 saturated heterocycles. The van der Waals surface area contributed by atoms with E-state index in [1.807, 2.05) is 71.5 Å². The molecule has 4 aromatic rings. The van der Waals surface area contributed by atoms with Crippen LogP contribution in [0.3, 0.4) is 0 Å². The molecule has 0 aliphatic heterocycles. The molecule has 7 heteroatoms. The monoisotopic (exact) mass is 440 g/mol. The van der Waals surface area contributed by atoms with E-state index in [0.29, 0.717) is 17.8 Å². The summed E-state index contributed by atoms with van der Waals surface area (Å²) in [7, 11) is 0. The molecule has 7 nitrogen and oxygen atoms in total. The Kier molecular flexibility index (Phi) is 6.80. The van der Waals surface area contributed by atoms with E-state index >= 15 is 0 Å². The van der Waals surface area contributed by atoms with Crippen molar-refractivity contribution >= 4 is 17.7 Å². The van der Waals surface area contributed by atoms with Crippen molar-refractivity contribution in [1.29, 1.82) is 0 Å². The zero-order valence-corrected chi connectivity index (χ0v) is 18.2. The Hall–Kier alpha value is -4.39. The minimum absolute atomic E-state index is 0.256. The third-order valence-electron chi connectivity index (χ3n) is 4.94. The number of para-hydroxylation sites is 1. The van der Waals surface area contributed by atoms with Crippen LogP contribution in [-0.2, 0) is 11.3 Å². The van der Waals surface area contributed by atoms with Gasteiger partial charge in [0.25, 0.3) is 5.91 Å². The van der Waals surface area contributed by atoms with Crippen molar-refractivity contribution in [2.75, 3.05) is 11.9 Å². The molecule has 166 valence electrons. The zero-order chi connectivity index (χ0) is 23.0. The van der Waals surface area contributed by atoms with Gasteiger partial charge in [0, 0.05) is 35.1 Å². The van der Waals surface area contributed by atoms with Gasteiger partial charge >= 0.3 is 6.09 Å². The average molecular weight is 441 g/mol. The molecule has 3 aromatic carbocycles. The van der Waals surface area contributed by atoms with Crippen molar-refractivity contribution < 1.29 is 14.3 Å². The number of benzene rings is 3. The van der Waals surface area contributed by atoms with Crippen LogP contribution < -0.4 is 10.6 Å². The number of aromatic nitrogens is 2. The van der Waals surface area contributed by atoms with E-state index in [0.717, 1.165) is 22.5 Å². The van der Waals surface area contributed by atoms with Crippen LogP contribution in [0.4, 0.5) is 10.5 Å². The summed E-state index contributed by atoms with van der Waals surface area (Å²) in [5.74, 6) is -0.256. The van der Waals surface area contributed by atoms with E-state index in [-0.39, 0.29) is 12.5 Å². The Bertz CT molecular complexity index is 1240. The highest BCUT2D eigenvalue weighted by Crippen LogP contribution is 2.23. The topological polar surface area (TPSA) is 85.2 Å². The van der Waals surface area contributed by atoms with Gasteiger partial charge < -0.3 is 10.1 Å². The summed E-state index contributed by atoms with van der Waals surface area (Å²) in [5, 5.41) is 10.3. The van der Waals surface area contributed by atoms with Crippen molar-refractivity contribution in [2.45, 2.75) is 13.5 Å². The van der Waals surface area contributed by atoms with Crippen LogP contribution in [0.15, 0.2) is 91.1 Å². The van der Waals surface area contributed by atoms with E-state index in [2.05, 4.69) is 10.6 Å². The lowest BCUT2D eigenvalue weighted by atomic mass is 10.1. The molecule has 33 heavy (non-hydrogen) atoms. The van der Waals surface area contributed by atoms with Crippen LogP contribution >= 0.6 is 0 Å². The SMILES string of the molecule is CCOC(=O)Nc1cccc(C(=O)NCc2cn(-c3ccccc3)nc2-c2ccccc2)c1. The number of hydrogen-bond acceptors (Lipinski definition) is 4. The number of carbonyl (C=O) groups excluding carboxylic acids is 2. The number of ether oxygens (including phenoxy) is 1. The van der Waals surface area contributed by atoms with Gasteiger partial charge in [-0.05, 0) is 37.3 Å². The lowest BCUT2D eigenvalue weighted by Gasteiger charge is -2.08. The number of hydrogen-bond donors (Lipinski definition) is 2. The second-order valence-electron chi connectivity index (χ2n) is 7.26. The normalized spacial score (nSPS) is 10.5. The van der Waals surface area contributed by atoms with E-state index < -0.39 is 6.09 Å². The predicted molar refractivity (Wildman–Crippen MR) is 127 cm³/mol. The van der Waals surface area contributed by atoms with Gasteiger partial charge in [0.15, 0.2) is 0 Å². The molecular weight excluding hydrogens is 416 g/mol. The van der Waals surface area contributed by atoms with E-state index in [1.54, 1.807) is 31.2 Å². The third kappa shape index (κ3) is 5.46. The van der Waals surface area contributed by atoms with Crippen LogP contribution in [0.5, 0.6) is 0 Å². The molecular formula is C26H24N4O3. The van der Waals surface area contributed by atoms with Crippen molar-refractivity contribution in [3.05, 3.63) is 102 Å². The fourth-order valence-electron chi connectivity index (χ4n) is 3.39. The molecule has 0 aliphatic rings. The quantitative estimate of drug-likeness (QED) is 0.422. The number of nitrogens with zero attached hydrogens (tertiary/aromatic N) is 2. The van der Waals surface area contributed by atoms with Crippen LogP contribution in [0.1, 0.15) is 22.8 Å². The highest BCUT2D eigenvalue weighted by molar-refractivity contribution is 5.96. The Morgan fingerprint density at radius 1 is 0.939 bits per heavy atom. The highest BCUT2D eigenvalue weighted by atomic mass is 16.5. The van der Waals surface area contributed by atoms with Crippen LogP contribution in [0.2, 0.25) is 0 Å². The van der Waals surface area contributed by atoms with Gasteiger partial charge in [0.2, 0.25) is 0 Å². The molecule has 0 unspecified atom stereocenters. The second kappa shape index (κ2) is 10.3. The van der Waals surface area contributed by atoms with Crippen LogP contribution in [-0.4, -0.2) is 28.4 Å². The first-order chi connectivity index (χ1) is 16.1. The number of amides is 2. The van der Waals surface area contributed by atoms with E-state index in [9.17, 15) is 9.59 Å². The van der Waals surface area contributed by atoms with Gasteiger partial charge in [-0.25, -0.2) is 9.48 Å². The fraction of sp³-hybridized carbons (Fsp3) is 0.115. The summed E-state index contributed by atoms with van der Waals surface area (Å²) in [4.78, 5) is 24.5. The van der Waals surface area contributed by atoms with Crippen LogP contribution in [0.25, 0.3) is 16.9 Å². The second-order valence-corrected chi connectivity index (χ2v) is 7.26. The molecule has 1 aromatic heterocycles. The smallest absolute Gasteiger partial charge is 0.411 e. The molecule has 1 heterocycles. The van der Waals surface area contributed by atoms with Crippen molar-refractivity contribution in [1.82, 2.24) is 15.1 Å². The maximum Gasteiger partial charge on any atom is 0.411 e. The molecule has 2 amide bonds. The summed E-state index contributed by atoms with van der Waals surface area (Å²) in [5.41, 5.74) is 4.52. The van der Waals surface area contributed by atoms with Crippen molar-refractivity contribution in [2.24, 2.45) is 0 Å². The van der Waals surface area contributed by atoms with Gasteiger partial charge in [0.1, 0.15) is 0 Å². The molecule has 0 spiro atoms. The summed E-state index contributed by atoms with van der Waals surface area (Å²) < 4.78 is 6.70. The molecule has 0 aliphatic carbocycles. The van der Waals surface area contributed by atoms with E-state index in [4.69, 9.17) is 9.84 Å². The van der Waals surface area contributed by atoms with Gasteiger partial charge in [-0.3, -0.25) is 10.1 Å². The summed E-state index contributed by atoms with van der Waals surface area (Å²) in [6, 6.07) is 26.4. The molecule has 0 fully saturated rings. The van der Waals surface area contributed by atoms with Crippen molar-refractivity contribution in [3.8, 4) is 16.9 Å². The molecule has 0 atom stereocenters. The lowest BCUT2D eigenvalue weighted by Crippen LogP contribution is -2.23. The molecule has 2 N–H and O–H groups in total. The van der Waals surface area contributed by atoms with E-state index in [1.165, 1.54) is 0 Å². The Morgan fingerprint density at radius 3 is 2.39 bits per heavy atom. The summed E-state index contributed by atoms with van der Waals surface area (Å²) in [6.07, 6.45) is 1.37. The summed E-state index contributed by atoms with van der Waals surface area (Å²) >= 11 is 0. The zero-order valence-electron chi connectivity index (χ0n) is 18.2. The molecule has 0 radical (unpaired) electrons. The average Bonchev–Trinajstić information content (AvgIpc) is 3.28. The third-order valence-corrected chi connectivity index (χ3v) is 4.94. The van der Waals surface area contributed by atoms with Gasteiger partial charge in [-0.15, -0.1) is 0 Å². The minimum Gasteiger partial charge on any atom is -0.450 e. The van der Waals surface area contributed by atoms with Gasteiger partial charge in [0.05, 0.1) is 18.0 Å². The number of nitrogens with one attached hydrogen (secondary N) is 2. The first-order valence-corrected chi connectivity index (χ1v) is 10.7. The maximum atomic E-state index is 12.8. The van der Waals surface area contributed by atoms with Crippen LogP contribution in [0, 0.1) is 0 Å². The van der Waals surface area contributed by atoms with Gasteiger partial charge in [-0.2, -0.15) is 5.10 Å². The fourth-order valence-corrected chi connectivity index (χ4v) is 3.39. The predicted octanol–water partition coefficient (Wildman–Crippen LogP) is 5.04. The van der Waals surface area contributed by atoms with Gasteiger partial charge in [-0.1, -0.05) is 54.6 Å². The lowest BCUT2D eigenvalue weighted by molar-refractivity contribution is 0.0951. The van der Waals surface area contributed by atoms with Crippen molar-refractivity contribution in [3.63, 3.8) is 0 Å². The molecule has 0 bridgehead atoms. The maximum absolute atomic E-state index is 12.8. The standard InChI is InChI=1S/C26H24N4O3/c1-2-33-26(32)28-22-13-9-12-20(16-22)25(31)27-17-21-18-30(23-14-7-4-8-15-23)29-24(21)19-10-5-3-6-11-19/h3-16,18H,2,17H2,1H3,(H,27,31)(H,28,32). The molecule has 0 saturated carbocycles. The Labute approximate surface area is 192 Å². The largest absolute Gasteiger partial charge is 0.450 e. The number of rotatable bonds is 7. The Morgan fingerprint density at radius 2 is 1.67 bits per heavy atom. The number of carbonyl (C=O) groups is 2. The number of anilines is 1.